The molecule has 0 atom stereocenters. The van der Waals surface area contributed by atoms with Crippen molar-refractivity contribution in [3.05, 3.63) is 23.2 Å². The van der Waals surface area contributed by atoms with Crippen molar-refractivity contribution in [3.63, 3.8) is 0 Å². The van der Waals surface area contributed by atoms with Crippen LogP contribution in [0.4, 0.5) is 18.9 Å². The van der Waals surface area contributed by atoms with Gasteiger partial charge in [0.1, 0.15) is 4.90 Å². The summed E-state index contributed by atoms with van der Waals surface area (Å²) >= 11 is 5.59. The van der Waals surface area contributed by atoms with E-state index >= 15 is 0 Å². The Hall–Kier alpha value is -0.990. The minimum absolute atomic E-state index is 0.123. The number of nitrogens with one attached hydrogen (secondary N) is 1. The molecule has 0 unspecified atom stereocenters. The van der Waals surface area contributed by atoms with Crippen LogP contribution in [0, 0.1) is 0 Å². The molecule has 0 aliphatic carbocycles. The van der Waals surface area contributed by atoms with E-state index in [9.17, 15) is 21.6 Å². The first kappa shape index (κ1) is 15.1. The number of rotatable bonds is 4. The summed E-state index contributed by atoms with van der Waals surface area (Å²) in [7, 11) is -4.06. The van der Waals surface area contributed by atoms with Crippen molar-refractivity contribution in [1.82, 2.24) is 4.72 Å². The largest absolute Gasteiger partial charge is 0.398 e. The van der Waals surface area contributed by atoms with Gasteiger partial charge in [0, 0.05) is 11.6 Å². The number of nitrogen functional groups attached to an aromatic ring is 1. The van der Waals surface area contributed by atoms with E-state index in [1.54, 1.807) is 0 Å². The van der Waals surface area contributed by atoms with Crippen molar-refractivity contribution < 1.29 is 21.6 Å². The van der Waals surface area contributed by atoms with Gasteiger partial charge in [-0.15, -0.1) is 0 Å². The summed E-state index contributed by atoms with van der Waals surface area (Å²) in [5.41, 5.74) is 5.32. The minimum atomic E-state index is -4.42. The highest BCUT2D eigenvalue weighted by molar-refractivity contribution is 7.89. The molecular weight excluding hydrogens is 293 g/mol. The van der Waals surface area contributed by atoms with Crippen molar-refractivity contribution in [3.8, 4) is 0 Å². The lowest BCUT2D eigenvalue weighted by atomic mass is 10.3. The Morgan fingerprint density at radius 3 is 2.44 bits per heavy atom. The molecule has 3 N–H and O–H groups in total. The third-order valence-corrected chi connectivity index (χ3v) is 3.73. The Balaban J connectivity index is 2.81. The molecule has 1 aromatic carbocycles. The van der Waals surface area contributed by atoms with Crippen LogP contribution in [-0.4, -0.2) is 21.1 Å². The van der Waals surface area contributed by atoms with Crippen LogP contribution in [0.1, 0.15) is 6.42 Å². The second-order valence-electron chi connectivity index (χ2n) is 3.45. The van der Waals surface area contributed by atoms with Gasteiger partial charge < -0.3 is 5.73 Å². The number of hydrogen-bond donors (Lipinski definition) is 2. The summed E-state index contributed by atoms with van der Waals surface area (Å²) in [5.74, 6) is 0. The summed E-state index contributed by atoms with van der Waals surface area (Å²) in [6.07, 6.45) is -5.67. The molecule has 1 aromatic rings. The van der Waals surface area contributed by atoms with Crippen LogP contribution >= 0.6 is 11.6 Å². The van der Waals surface area contributed by atoms with Gasteiger partial charge in [-0.2, -0.15) is 13.2 Å². The Morgan fingerprint density at radius 1 is 1.33 bits per heavy atom. The lowest BCUT2D eigenvalue weighted by Gasteiger charge is -2.10. The molecule has 102 valence electrons. The van der Waals surface area contributed by atoms with Gasteiger partial charge in [0.2, 0.25) is 10.0 Å². The fourth-order valence-electron chi connectivity index (χ4n) is 1.17. The molecule has 0 radical (unpaired) electrons. The van der Waals surface area contributed by atoms with Crippen molar-refractivity contribution in [2.24, 2.45) is 0 Å². The summed E-state index contributed by atoms with van der Waals surface area (Å²) in [4.78, 5) is -0.297. The molecule has 1 rings (SSSR count). The monoisotopic (exact) mass is 302 g/mol. The average molecular weight is 303 g/mol. The summed E-state index contributed by atoms with van der Waals surface area (Å²) in [6, 6.07) is 3.63. The molecule has 18 heavy (non-hydrogen) atoms. The van der Waals surface area contributed by atoms with Gasteiger partial charge in [0.15, 0.2) is 0 Å². The zero-order chi connectivity index (χ0) is 14.0. The highest BCUT2D eigenvalue weighted by atomic mass is 35.5. The quantitative estimate of drug-likeness (QED) is 0.837. The summed E-state index contributed by atoms with van der Waals surface area (Å²) < 4.78 is 60.8. The Bertz CT molecular complexity index is 531. The molecule has 9 heteroatoms. The SMILES string of the molecule is Nc1cc(Cl)ccc1S(=O)(=O)NCCC(F)(F)F. The molecule has 0 aromatic heterocycles. The average Bonchev–Trinajstić information content (AvgIpc) is 2.13. The molecule has 0 saturated heterocycles. The van der Waals surface area contributed by atoms with E-state index in [0.717, 1.165) is 6.07 Å². The molecule has 0 aliphatic rings. The molecule has 4 nitrogen and oxygen atoms in total. The van der Waals surface area contributed by atoms with Crippen LogP contribution in [0.5, 0.6) is 0 Å². The number of benzene rings is 1. The molecule has 0 bridgehead atoms. The normalized spacial score (nSPS) is 12.7. The van der Waals surface area contributed by atoms with E-state index < -0.39 is 29.2 Å². The number of nitrogens with two attached hydrogens (primary N) is 1. The molecule has 0 aliphatic heterocycles. The molecule has 0 fully saturated rings. The fraction of sp³-hybridized carbons (Fsp3) is 0.333. The second kappa shape index (κ2) is 5.33. The van der Waals surface area contributed by atoms with Crippen molar-refractivity contribution in [1.29, 1.82) is 0 Å². The van der Waals surface area contributed by atoms with Gasteiger partial charge in [-0.05, 0) is 18.2 Å². The Morgan fingerprint density at radius 2 is 1.94 bits per heavy atom. The Labute approximate surface area is 107 Å². The molecule has 0 saturated carbocycles. The zero-order valence-electron chi connectivity index (χ0n) is 8.96. The van der Waals surface area contributed by atoms with Crippen LogP contribution < -0.4 is 10.5 Å². The van der Waals surface area contributed by atoms with Crippen LogP contribution in [0.3, 0.4) is 0 Å². The molecule has 0 heterocycles. The van der Waals surface area contributed by atoms with E-state index in [4.69, 9.17) is 17.3 Å². The smallest absolute Gasteiger partial charge is 0.390 e. The van der Waals surface area contributed by atoms with E-state index in [2.05, 4.69) is 0 Å². The maximum atomic E-state index is 11.9. The van der Waals surface area contributed by atoms with Gasteiger partial charge in [-0.25, -0.2) is 13.1 Å². The first-order valence-corrected chi connectivity index (χ1v) is 6.59. The lowest BCUT2D eigenvalue weighted by molar-refractivity contribution is -0.132. The van der Waals surface area contributed by atoms with Gasteiger partial charge in [0.25, 0.3) is 0 Å². The number of anilines is 1. The maximum Gasteiger partial charge on any atom is 0.390 e. The number of alkyl halides is 3. The second-order valence-corrected chi connectivity index (χ2v) is 5.62. The van der Waals surface area contributed by atoms with Crippen LogP contribution in [0.15, 0.2) is 23.1 Å². The lowest BCUT2D eigenvalue weighted by Crippen LogP contribution is -2.28. The molecule has 0 amide bonds. The highest BCUT2D eigenvalue weighted by Gasteiger charge is 2.28. The van der Waals surface area contributed by atoms with Crippen LogP contribution in [0.2, 0.25) is 5.02 Å². The van der Waals surface area contributed by atoms with Gasteiger partial charge in [-0.1, -0.05) is 11.6 Å². The van der Waals surface area contributed by atoms with Gasteiger partial charge in [-0.3, -0.25) is 0 Å². The number of hydrogen-bond acceptors (Lipinski definition) is 3. The summed E-state index contributed by atoms with van der Waals surface area (Å²) in [5, 5.41) is 0.238. The number of halogens is 4. The topological polar surface area (TPSA) is 72.2 Å². The zero-order valence-corrected chi connectivity index (χ0v) is 10.5. The predicted octanol–water partition coefficient (Wildman–Crippen LogP) is 2.15. The fourth-order valence-corrected chi connectivity index (χ4v) is 2.49. The molecule has 0 spiro atoms. The Kier molecular flexibility index (Phi) is 4.46. The van der Waals surface area contributed by atoms with Gasteiger partial charge in [0.05, 0.1) is 12.1 Å². The predicted molar refractivity (Wildman–Crippen MR) is 61.7 cm³/mol. The van der Waals surface area contributed by atoms with E-state index in [0.29, 0.717) is 0 Å². The first-order valence-electron chi connectivity index (χ1n) is 4.73. The first-order chi connectivity index (χ1) is 8.12. The molecular formula is C9H10ClF3N2O2S. The van der Waals surface area contributed by atoms with Gasteiger partial charge >= 0.3 is 6.18 Å². The summed E-state index contributed by atoms with van der Waals surface area (Å²) in [6.45, 7) is -0.742. The van der Waals surface area contributed by atoms with E-state index in [1.807, 2.05) is 4.72 Å². The number of sulfonamides is 1. The van der Waals surface area contributed by atoms with E-state index in [1.165, 1.54) is 12.1 Å². The standard InChI is InChI=1S/C9H10ClF3N2O2S/c10-6-1-2-8(7(14)5-6)18(16,17)15-4-3-9(11,12)13/h1-2,5,15H,3-4,14H2. The third kappa shape index (κ3) is 4.35. The van der Waals surface area contributed by atoms with Crippen molar-refractivity contribution in [2.75, 3.05) is 12.3 Å². The van der Waals surface area contributed by atoms with Crippen LogP contribution in [-0.2, 0) is 10.0 Å². The van der Waals surface area contributed by atoms with Crippen LogP contribution in [0.25, 0.3) is 0 Å². The minimum Gasteiger partial charge on any atom is -0.398 e. The van der Waals surface area contributed by atoms with Crippen molar-refractivity contribution >= 4 is 27.3 Å². The van der Waals surface area contributed by atoms with Crippen molar-refractivity contribution in [2.45, 2.75) is 17.5 Å². The maximum absolute atomic E-state index is 11.9. The van der Waals surface area contributed by atoms with E-state index in [-0.39, 0.29) is 15.6 Å². The highest BCUT2D eigenvalue weighted by Crippen LogP contribution is 2.23. The third-order valence-electron chi connectivity index (χ3n) is 1.96.